The van der Waals surface area contributed by atoms with E-state index in [-0.39, 0.29) is 17.3 Å². The molecule has 0 saturated carbocycles. The SMILES string of the molecule is Cc1cccc(CCCNC(=O)CN(c2cc(C)cc(C)c2)S(=O)(=O)c2ccccc2)c1. The number of carbonyl (C=O) groups is 1. The third-order valence-electron chi connectivity index (χ3n) is 5.16. The van der Waals surface area contributed by atoms with Gasteiger partial charge in [0.1, 0.15) is 6.54 Å². The number of nitrogens with zero attached hydrogens (tertiary/aromatic N) is 1. The Labute approximate surface area is 191 Å². The van der Waals surface area contributed by atoms with Gasteiger partial charge in [-0.1, -0.05) is 54.1 Å². The van der Waals surface area contributed by atoms with E-state index in [1.165, 1.54) is 15.4 Å². The number of sulfonamides is 1. The first kappa shape index (κ1) is 23.5. The highest BCUT2D eigenvalue weighted by Gasteiger charge is 2.27. The van der Waals surface area contributed by atoms with Crippen LogP contribution in [0.1, 0.15) is 28.7 Å². The largest absolute Gasteiger partial charge is 0.355 e. The number of benzene rings is 3. The molecular formula is C26H30N2O3S. The molecule has 0 aliphatic heterocycles. The Hall–Kier alpha value is -3.12. The zero-order valence-corrected chi connectivity index (χ0v) is 19.7. The third kappa shape index (κ3) is 6.20. The van der Waals surface area contributed by atoms with E-state index in [9.17, 15) is 13.2 Å². The highest BCUT2D eigenvalue weighted by molar-refractivity contribution is 7.92. The zero-order chi connectivity index (χ0) is 23.1. The van der Waals surface area contributed by atoms with Crippen LogP contribution in [0.3, 0.4) is 0 Å². The van der Waals surface area contributed by atoms with Crippen molar-refractivity contribution >= 4 is 21.6 Å². The minimum Gasteiger partial charge on any atom is -0.355 e. The molecule has 168 valence electrons. The molecule has 0 fully saturated rings. The first-order valence-electron chi connectivity index (χ1n) is 10.7. The van der Waals surface area contributed by atoms with E-state index in [4.69, 9.17) is 0 Å². The van der Waals surface area contributed by atoms with Crippen molar-refractivity contribution in [3.63, 3.8) is 0 Å². The predicted octanol–water partition coefficient (Wildman–Crippen LogP) is 4.56. The summed E-state index contributed by atoms with van der Waals surface area (Å²) in [6, 6.07) is 22.1. The molecule has 0 radical (unpaired) electrons. The lowest BCUT2D eigenvalue weighted by Crippen LogP contribution is -2.41. The Morgan fingerprint density at radius 3 is 2.19 bits per heavy atom. The van der Waals surface area contributed by atoms with Crippen LogP contribution in [0.5, 0.6) is 0 Å². The summed E-state index contributed by atoms with van der Waals surface area (Å²) in [6.45, 7) is 6.09. The van der Waals surface area contributed by atoms with Crippen LogP contribution in [0, 0.1) is 20.8 Å². The molecular weight excluding hydrogens is 420 g/mol. The van der Waals surface area contributed by atoms with E-state index in [0.717, 1.165) is 24.0 Å². The van der Waals surface area contributed by atoms with Gasteiger partial charge < -0.3 is 5.32 Å². The molecule has 1 amide bonds. The third-order valence-corrected chi connectivity index (χ3v) is 6.95. The number of carbonyl (C=O) groups excluding carboxylic acids is 1. The molecule has 3 aromatic rings. The fourth-order valence-corrected chi connectivity index (χ4v) is 5.13. The minimum absolute atomic E-state index is 0.159. The fraction of sp³-hybridized carbons (Fsp3) is 0.269. The van der Waals surface area contributed by atoms with Gasteiger partial charge in [0, 0.05) is 6.54 Å². The molecule has 0 aliphatic carbocycles. The number of amides is 1. The van der Waals surface area contributed by atoms with E-state index in [1.807, 2.05) is 26.0 Å². The zero-order valence-electron chi connectivity index (χ0n) is 18.8. The number of hydrogen-bond donors (Lipinski definition) is 1. The molecule has 0 heterocycles. The van der Waals surface area contributed by atoms with Crippen LogP contribution in [0.4, 0.5) is 5.69 Å². The quantitative estimate of drug-likeness (QED) is 0.486. The Balaban J connectivity index is 1.73. The van der Waals surface area contributed by atoms with E-state index in [2.05, 4.69) is 30.4 Å². The van der Waals surface area contributed by atoms with E-state index in [0.29, 0.717) is 12.2 Å². The van der Waals surface area contributed by atoms with Crippen LogP contribution >= 0.6 is 0 Å². The molecule has 0 spiro atoms. The van der Waals surface area contributed by atoms with Crippen LogP contribution in [-0.4, -0.2) is 27.4 Å². The van der Waals surface area contributed by atoms with Gasteiger partial charge >= 0.3 is 0 Å². The molecule has 0 aromatic heterocycles. The van der Waals surface area contributed by atoms with Crippen molar-refractivity contribution in [2.75, 3.05) is 17.4 Å². The predicted molar refractivity (Wildman–Crippen MR) is 129 cm³/mol. The highest BCUT2D eigenvalue weighted by Crippen LogP contribution is 2.25. The summed E-state index contributed by atoms with van der Waals surface area (Å²) in [5.41, 5.74) is 4.80. The Bertz CT molecular complexity index is 1150. The lowest BCUT2D eigenvalue weighted by molar-refractivity contribution is -0.119. The van der Waals surface area contributed by atoms with E-state index >= 15 is 0 Å². The van der Waals surface area contributed by atoms with Gasteiger partial charge in [0.05, 0.1) is 10.6 Å². The normalized spacial score (nSPS) is 11.2. The van der Waals surface area contributed by atoms with E-state index < -0.39 is 10.0 Å². The Kier molecular flexibility index (Phi) is 7.70. The van der Waals surface area contributed by atoms with Crippen LogP contribution in [0.2, 0.25) is 0 Å². The molecule has 0 unspecified atom stereocenters. The molecule has 6 heteroatoms. The van der Waals surface area contributed by atoms with Crippen LogP contribution in [-0.2, 0) is 21.2 Å². The lowest BCUT2D eigenvalue weighted by Gasteiger charge is -2.25. The lowest BCUT2D eigenvalue weighted by atomic mass is 10.1. The van der Waals surface area contributed by atoms with Crippen molar-refractivity contribution in [3.8, 4) is 0 Å². The van der Waals surface area contributed by atoms with Crippen molar-refractivity contribution in [3.05, 3.63) is 95.1 Å². The van der Waals surface area contributed by atoms with Gasteiger partial charge in [-0.15, -0.1) is 0 Å². The summed E-state index contributed by atoms with van der Waals surface area (Å²) < 4.78 is 28.0. The summed E-state index contributed by atoms with van der Waals surface area (Å²) in [7, 11) is -3.89. The monoisotopic (exact) mass is 450 g/mol. The number of nitrogens with one attached hydrogen (secondary N) is 1. The standard InChI is InChI=1S/C26H30N2O3S/c1-20-9-7-10-23(16-20)11-8-14-27-26(29)19-28(24-17-21(2)15-22(3)18-24)32(30,31)25-12-5-4-6-13-25/h4-7,9-10,12-13,15-18H,8,11,14,19H2,1-3H3,(H,27,29). The van der Waals surface area contributed by atoms with Gasteiger partial charge in [0.25, 0.3) is 10.0 Å². The molecule has 32 heavy (non-hydrogen) atoms. The van der Waals surface area contributed by atoms with Crippen molar-refractivity contribution in [1.82, 2.24) is 5.32 Å². The molecule has 0 aliphatic rings. The Morgan fingerprint density at radius 1 is 0.844 bits per heavy atom. The van der Waals surface area contributed by atoms with E-state index in [1.54, 1.807) is 42.5 Å². The van der Waals surface area contributed by atoms with Gasteiger partial charge in [-0.05, 0) is 74.6 Å². The van der Waals surface area contributed by atoms with Crippen LogP contribution in [0.15, 0.2) is 77.7 Å². The van der Waals surface area contributed by atoms with Crippen molar-refractivity contribution in [2.24, 2.45) is 0 Å². The topological polar surface area (TPSA) is 66.5 Å². The summed E-state index contributed by atoms with van der Waals surface area (Å²) in [5, 5.41) is 2.88. The van der Waals surface area contributed by atoms with Gasteiger partial charge in [0.2, 0.25) is 5.91 Å². The fourth-order valence-electron chi connectivity index (χ4n) is 3.70. The first-order valence-corrected chi connectivity index (χ1v) is 12.2. The van der Waals surface area contributed by atoms with Crippen LogP contribution < -0.4 is 9.62 Å². The maximum atomic E-state index is 13.4. The van der Waals surface area contributed by atoms with Crippen molar-refractivity contribution in [1.29, 1.82) is 0 Å². The molecule has 1 N–H and O–H groups in total. The molecule has 3 aromatic carbocycles. The highest BCUT2D eigenvalue weighted by atomic mass is 32.2. The molecule has 0 atom stereocenters. The summed E-state index contributed by atoms with van der Waals surface area (Å²) >= 11 is 0. The van der Waals surface area contributed by atoms with Gasteiger partial charge in [-0.2, -0.15) is 0 Å². The van der Waals surface area contributed by atoms with Gasteiger partial charge in [0.15, 0.2) is 0 Å². The second-order valence-corrected chi connectivity index (χ2v) is 9.98. The molecule has 0 bridgehead atoms. The van der Waals surface area contributed by atoms with Crippen molar-refractivity contribution < 1.29 is 13.2 Å². The molecule has 3 rings (SSSR count). The summed E-state index contributed by atoms with van der Waals surface area (Å²) in [5.74, 6) is -0.326. The first-order chi connectivity index (χ1) is 15.3. The second-order valence-electron chi connectivity index (χ2n) is 8.11. The maximum Gasteiger partial charge on any atom is 0.264 e. The van der Waals surface area contributed by atoms with Gasteiger partial charge in [-0.25, -0.2) is 8.42 Å². The Morgan fingerprint density at radius 2 is 1.53 bits per heavy atom. The average molecular weight is 451 g/mol. The number of rotatable bonds is 9. The maximum absolute atomic E-state index is 13.4. The molecule has 5 nitrogen and oxygen atoms in total. The number of hydrogen-bond acceptors (Lipinski definition) is 3. The van der Waals surface area contributed by atoms with Gasteiger partial charge in [-0.3, -0.25) is 9.10 Å². The summed E-state index contributed by atoms with van der Waals surface area (Å²) in [6.07, 6.45) is 1.63. The van der Waals surface area contributed by atoms with Crippen LogP contribution in [0.25, 0.3) is 0 Å². The number of anilines is 1. The number of aryl methyl sites for hydroxylation is 4. The summed E-state index contributed by atoms with van der Waals surface area (Å²) in [4.78, 5) is 12.9. The second kappa shape index (κ2) is 10.5. The van der Waals surface area contributed by atoms with Crippen molar-refractivity contribution in [2.45, 2.75) is 38.5 Å². The molecule has 0 saturated heterocycles. The minimum atomic E-state index is -3.89. The smallest absolute Gasteiger partial charge is 0.264 e. The average Bonchev–Trinajstić information content (AvgIpc) is 2.75.